The van der Waals surface area contributed by atoms with Gasteiger partial charge in [-0.25, -0.2) is 8.78 Å². The Morgan fingerprint density at radius 2 is 2.07 bits per heavy atom. The van der Waals surface area contributed by atoms with E-state index in [-0.39, 0.29) is 10.6 Å². The van der Waals surface area contributed by atoms with Crippen LogP contribution in [0.25, 0.3) is 0 Å². The van der Waals surface area contributed by atoms with E-state index in [1.807, 2.05) is 0 Å². The summed E-state index contributed by atoms with van der Waals surface area (Å²) in [4.78, 5) is -0.358. The first-order valence-electron chi connectivity index (χ1n) is 3.88. The second-order valence-electron chi connectivity index (χ2n) is 2.63. The molecular weight excluding hydrogens is 230 g/mol. The van der Waals surface area contributed by atoms with Crippen LogP contribution in [0.2, 0.25) is 0 Å². The quantitative estimate of drug-likeness (QED) is 0.804. The van der Waals surface area contributed by atoms with Crippen LogP contribution >= 0.6 is 0 Å². The van der Waals surface area contributed by atoms with Gasteiger partial charge in [-0.1, -0.05) is 6.07 Å². The molecule has 0 radical (unpaired) electrons. The number of hydrogen-bond acceptors (Lipinski definition) is 4. The second-order valence-corrected chi connectivity index (χ2v) is 4.24. The van der Waals surface area contributed by atoms with Crippen molar-refractivity contribution < 1.29 is 26.5 Å². The lowest BCUT2D eigenvalue weighted by molar-refractivity contribution is 0.0848. The molecule has 15 heavy (non-hydrogen) atoms. The highest BCUT2D eigenvalue weighted by Gasteiger charge is 2.17. The van der Waals surface area contributed by atoms with Crippen LogP contribution in [0.4, 0.5) is 8.78 Å². The van der Waals surface area contributed by atoms with Crippen LogP contribution in [0.3, 0.4) is 0 Å². The van der Waals surface area contributed by atoms with Gasteiger partial charge in [0.2, 0.25) is 0 Å². The van der Waals surface area contributed by atoms with E-state index < -0.39 is 23.2 Å². The van der Waals surface area contributed by atoms with E-state index in [0.29, 0.717) is 0 Å². The fourth-order valence-corrected chi connectivity index (χ4v) is 1.78. The van der Waals surface area contributed by atoms with Gasteiger partial charge in [-0.05, 0) is 12.1 Å². The number of phenols is 1. The third-order valence-electron chi connectivity index (χ3n) is 1.46. The zero-order valence-corrected chi connectivity index (χ0v) is 8.25. The lowest BCUT2D eigenvalue weighted by Gasteiger charge is -2.04. The molecule has 0 amide bonds. The van der Waals surface area contributed by atoms with Crippen molar-refractivity contribution in [3.8, 4) is 5.75 Å². The van der Waals surface area contributed by atoms with Crippen molar-refractivity contribution >= 4 is 10.1 Å². The second kappa shape index (κ2) is 4.54. The van der Waals surface area contributed by atoms with Crippen LogP contribution < -0.4 is 0 Å². The minimum Gasteiger partial charge on any atom is -0.508 e. The van der Waals surface area contributed by atoms with E-state index in [1.165, 1.54) is 12.1 Å². The molecule has 1 aromatic carbocycles. The van der Waals surface area contributed by atoms with Gasteiger partial charge in [0, 0.05) is 6.07 Å². The number of halogens is 2. The molecule has 0 fully saturated rings. The van der Waals surface area contributed by atoms with Gasteiger partial charge in [0.05, 0.1) is 4.90 Å². The summed E-state index contributed by atoms with van der Waals surface area (Å²) < 4.78 is 49.9. The molecule has 0 atom stereocenters. The third-order valence-corrected chi connectivity index (χ3v) is 2.73. The van der Waals surface area contributed by atoms with Crippen molar-refractivity contribution in [1.29, 1.82) is 0 Å². The Hall–Kier alpha value is -1.21. The molecule has 0 bridgehead atoms. The highest BCUT2D eigenvalue weighted by atomic mass is 32.2. The maximum absolute atomic E-state index is 11.7. The van der Waals surface area contributed by atoms with Crippen molar-refractivity contribution in [1.82, 2.24) is 0 Å². The molecule has 84 valence electrons. The number of hydrogen-bond donors (Lipinski definition) is 1. The zero-order chi connectivity index (χ0) is 11.5. The van der Waals surface area contributed by atoms with Crippen LogP contribution in [0.15, 0.2) is 29.2 Å². The lowest BCUT2D eigenvalue weighted by atomic mass is 10.3. The third kappa shape index (κ3) is 3.45. The summed E-state index contributed by atoms with van der Waals surface area (Å²) in [5.74, 6) is -0.281. The number of aromatic hydroxyl groups is 1. The first kappa shape index (κ1) is 11.9. The molecule has 0 aromatic heterocycles. The predicted octanol–water partition coefficient (Wildman–Crippen LogP) is 1.36. The summed E-state index contributed by atoms with van der Waals surface area (Å²) in [5, 5.41) is 8.99. The highest BCUT2D eigenvalue weighted by Crippen LogP contribution is 2.18. The Morgan fingerprint density at radius 1 is 1.40 bits per heavy atom. The van der Waals surface area contributed by atoms with Gasteiger partial charge in [0.15, 0.2) is 0 Å². The van der Waals surface area contributed by atoms with E-state index in [9.17, 15) is 17.2 Å². The number of rotatable bonds is 4. The SMILES string of the molecule is O=S(=O)(OCC(F)F)c1cccc(O)c1. The van der Waals surface area contributed by atoms with Crippen LogP contribution in [0.5, 0.6) is 5.75 Å². The fourth-order valence-electron chi connectivity index (χ4n) is 0.848. The summed E-state index contributed by atoms with van der Waals surface area (Å²) >= 11 is 0. The maximum atomic E-state index is 11.7. The van der Waals surface area contributed by atoms with E-state index >= 15 is 0 Å². The molecular formula is C8H8F2O4S. The molecule has 0 aliphatic heterocycles. The molecule has 4 nitrogen and oxygen atoms in total. The van der Waals surface area contributed by atoms with Gasteiger partial charge in [-0.3, -0.25) is 4.18 Å². The Kier molecular flexibility index (Phi) is 3.59. The molecule has 0 aliphatic rings. The first-order valence-corrected chi connectivity index (χ1v) is 5.29. The van der Waals surface area contributed by atoms with Gasteiger partial charge in [0.25, 0.3) is 16.5 Å². The molecule has 0 saturated carbocycles. The smallest absolute Gasteiger partial charge is 0.297 e. The van der Waals surface area contributed by atoms with Gasteiger partial charge >= 0.3 is 0 Å². The van der Waals surface area contributed by atoms with E-state index in [4.69, 9.17) is 5.11 Å². The summed E-state index contributed by atoms with van der Waals surface area (Å²) in [5.41, 5.74) is 0. The fraction of sp³-hybridized carbons (Fsp3) is 0.250. The standard InChI is InChI=1S/C8H8F2O4S/c9-8(10)5-14-15(12,13)7-3-1-2-6(11)4-7/h1-4,8,11H,5H2. The normalized spacial score (nSPS) is 11.9. The van der Waals surface area contributed by atoms with Crippen molar-refractivity contribution in [2.75, 3.05) is 6.61 Å². The first-order chi connectivity index (χ1) is 6.92. The number of alkyl halides is 2. The van der Waals surface area contributed by atoms with Crippen LogP contribution in [0, 0.1) is 0 Å². The van der Waals surface area contributed by atoms with Crippen molar-refractivity contribution in [3.63, 3.8) is 0 Å². The Labute approximate surface area is 85.2 Å². The molecule has 1 rings (SSSR count). The van der Waals surface area contributed by atoms with Crippen molar-refractivity contribution in [2.24, 2.45) is 0 Å². The molecule has 1 N–H and O–H groups in total. The van der Waals surface area contributed by atoms with E-state index in [2.05, 4.69) is 4.18 Å². The molecule has 0 unspecified atom stereocenters. The van der Waals surface area contributed by atoms with E-state index in [1.54, 1.807) is 0 Å². The Bertz CT molecular complexity index is 430. The summed E-state index contributed by atoms with van der Waals surface area (Å²) in [6, 6.07) is 4.58. The molecule has 0 saturated heterocycles. The molecule has 1 aromatic rings. The molecule has 0 heterocycles. The number of phenolic OH excluding ortho intramolecular Hbond substituents is 1. The highest BCUT2D eigenvalue weighted by molar-refractivity contribution is 7.86. The van der Waals surface area contributed by atoms with Gasteiger partial charge in [-0.2, -0.15) is 8.42 Å². The van der Waals surface area contributed by atoms with Gasteiger partial charge < -0.3 is 5.11 Å². The van der Waals surface area contributed by atoms with Gasteiger partial charge in [0.1, 0.15) is 12.4 Å². The number of benzene rings is 1. The predicted molar refractivity (Wildman–Crippen MR) is 47.2 cm³/mol. The zero-order valence-electron chi connectivity index (χ0n) is 7.43. The average molecular weight is 238 g/mol. The summed E-state index contributed by atoms with van der Waals surface area (Å²) in [6.45, 7) is -1.20. The minimum absolute atomic E-state index is 0.281. The van der Waals surface area contributed by atoms with Crippen molar-refractivity contribution in [3.05, 3.63) is 24.3 Å². The van der Waals surface area contributed by atoms with Crippen molar-refractivity contribution in [2.45, 2.75) is 11.3 Å². The van der Waals surface area contributed by atoms with Gasteiger partial charge in [-0.15, -0.1) is 0 Å². The average Bonchev–Trinajstić information content (AvgIpc) is 2.15. The Balaban J connectivity index is 2.87. The minimum atomic E-state index is -4.22. The van der Waals surface area contributed by atoms with Crippen LogP contribution in [0.1, 0.15) is 0 Å². The molecule has 0 spiro atoms. The molecule has 7 heteroatoms. The summed E-state index contributed by atoms with van der Waals surface area (Å²) in [6.07, 6.45) is -2.86. The maximum Gasteiger partial charge on any atom is 0.297 e. The lowest BCUT2D eigenvalue weighted by Crippen LogP contribution is -2.12. The van der Waals surface area contributed by atoms with Crippen LogP contribution in [-0.2, 0) is 14.3 Å². The topological polar surface area (TPSA) is 63.6 Å². The monoisotopic (exact) mass is 238 g/mol. The molecule has 0 aliphatic carbocycles. The van der Waals surface area contributed by atoms with E-state index in [0.717, 1.165) is 12.1 Å². The Morgan fingerprint density at radius 3 is 2.60 bits per heavy atom. The van der Waals surface area contributed by atoms with Crippen LogP contribution in [-0.4, -0.2) is 26.6 Å². The largest absolute Gasteiger partial charge is 0.508 e. The summed E-state index contributed by atoms with van der Waals surface area (Å²) in [7, 11) is -4.22.